The summed E-state index contributed by atoms with van der Waals surface area (Å²) in [4.78, 5) is 22.5. The third-order valence-corrected chi connectivity index (χ3v) is 2.53. The van der Waals surface area contributed by atoms with Crippen LogP contribution in [0.2, 0.25) is 0 Å². The van der Waals surface area contributed by atoms with Gasteiger partial charge in [0.1, 0.15) is 5.82 Å². The maximum atomic E-state index is 13.3. The van der Waals surface area contributed by atoms with Gasteiger partial charge in [0.15, 0.2) is 0 Å². The second-order valence-electron chi connectivity index (χ2n) is 3.77. The number of nitrogens with zero attached hydrogens (tertiary/aromatic N) is 1. The standard InChI is InChI=1S/C13H10FNO3/c14-11-4-2-1-3-9(11)7-12(16)15-6-5-10(8-15)13(17)18/h1-6,8H,7H2,(H,17,18). The van der Waals surface area contributed by atoms with Crippen molar-refractivity contribution in [2.75, 3.05) is 0 Å². The smallest absolute Gasteiger partial charge is 0.337 e. The number of benzene rings is 1. The largest absolute Gasteiger partial charge is 0.478 e. The number of aromatic nitrogens is 1. The highest BCUT2D eigenvalue weighted by molar-refractivity contribution is 5.89. The van der Waals surface area contributed by atoms with Gasteiger partial charge in [-0.2, -0.15) is 0 Å². The van der Waals surface area contributed by atoms with Crippen LogP contribution in [-0.4, -0.2) is 21.6 Å². The second kappa shape index (κ2) is 4.83. The predicted molar refractivity (Wildman–Crippen MR) is 62.1 cm³/mol. The zero-order chi connectivity index (χ0) is 13.1. The van der Waals surface area contributed by atoms with Crippen LogP contribution in [0.4, 0.5) is 4.39 Å². The van der Waals surface area contributed by atoms with Gasteiger partial charge in [0.25, 0.3) is 0 Å². The van der Waals surface area contributed by atoms with Gasteiger partial charge < -0.3 is 5.11 Å². The van der Waals surface area contributed by atoms with Gasteiger partial charge in [-0.05, 0) is 17.7 Å². The van der Waals surface area contributed by atoms with Gasteiger partial charge in [-0.15, -0.1) is 0 Å². The first-order chi connectivity index (χ1) is 8.58. The van der Waals surface area contributed by atoms with Crippen LogP contribution in [0.1, 0.15) is 20.7 Å². The molecule has 0 aliphatic carbocycles. The lowest BCUT2D eigenvalue weighted by molar-refractivity contribution is 0.0697. The van der Waals surface area contributed by atoms with Gasteiger partial charge in [-0.3, -0.25) is 9.36 Å². The minimum absolute atomic E-state index is 0.0249. The summed E-state index contributed by atoms with van der Waals surface area (Å²) in [5.74, 6) is -1.93. The molecule has 2 rings (SSSR count). The van der Waals surface area contributed by atoms with Crippen LogP contribution in [0, 0.1) is 5.82 Å². The van der Waals surface area contributed by atoms with Crippen LogP contribution >= 0.6 is 0 Å². The lowest BCUT2D eigenvalue weighted by Crippen LogP contribution is -2.12. The van der Waals surface area contributed by atoms with Crippen LogP contribution in [0.15, 0.2) is 42.7 Å². The Kier molecular flexibility index (Phi) is 3.23. The summed E-state index contributed by atoms with van der Waals surface area (Å²) in [7, 11) is 0. The van der Waals surface area contributed by atoms with E-state index in [-0.39, 0.29) is 23.5 Å². The van der Waals surface area contributed by atoms with Crippen molar-refractivity contribution in [2.24, 2.45) is 0 Å². The molecule has 1 heterocycles. The molecule has 18 heavy (non-hydrogen) atoms. The fourth-order valence-corrected chi connectivity index (χ4v) is 1.57. The van der Waals surface area contributed by atoms with Gasteiger partial charge >= 0.3 is 5.97 Å². The molecule has 1 aromatic carbocycles. The monoisotopic (exact) mass is 247 g/mol. The highest BCUT2D eigenvalue weighted by atomic mass is 19.1. The Hall–Kier alpha value is -2.43. The quantitative estimate of drug-likeness (QED) is 0.904. The summed E-state index contributed by atoms with van der Waals surface area (Å²) in [6.07, 6.45) is 2.46. The van der Waals surface area contributed by atoms with Gasteiger partial charge in [-0.25, -0.2) is 9.18 Å². The summed E-state index contributed by atoms with van der Waals surface area (Å²) >= 11 is 0. The Morgan fingerprint density at radius 2 is 1.94 bits per heavy atom. The fraction of sp³-hybridized carbons (Fsp3) is 0.0769. The molecule has 4 nitrogen and oxygen atoms in total. The number of halogens is 1. The number of carbonyl (C=O) groups excluding carboxylic acids is 1. The molecule has 0 aliphatic heterocycles. The van der Waals surface area contributed by atoms with Crippen LogP contribution in [-0.2, 0) is 6.42 Å². The molecule has 0 atom stereocenters. The average molecular weight is 247 g/mol. The van der Waals surface area contributed by atoms with E-state index in [4.69, 9.17) is 5.11 Å². The van der Waals surface area contributed by atoms with Gasteiger partial charge in [0.2, 0.25) is 5.91 Å². The topological polar surface area (TPSA) is 59.3 Å². The summed E-state index contributed by atoms with van der Waals surface area (Å²) in [6, 6.07) is 7.31. The van der Waals surface area contributed by atoms with E-state index in [9.17, 15) is 14.0 Å². The Morgan fingerprint density at radius 3 is 2.56 bits per heavy atom. The van der Waals surface area contributed by atoms with Crippen molar-refractivity contribution in [2.45, 2.75) is 6.42 Å². The number of aromatic carboxylic acids is 1. The maximum Gasteiger partial charge on any atom is 0.337 e. The van der Waals surface area contributed by atoms with Gasteiger partial charge in [-0.1, -0.05) is 18.2 Å². The van der Waals surface area contributed by atoms with Crippen molar-refractivity contribution in [1.82, 2.24) is 4.57 Å². The number of hydrogen-bond donors (Lipinski definition) is 1. The summed E-state index contributed by atoms with van der Waals surface area (Å²) in [6.45, 7) is 0. The highest BCUT2D eigenvalue weighted by Crippen LogP contribution is 2.09. The summed E-state index contributed by atoms with van der Waals surface area (Å²) < 4.78 is 14.5. The minimum atomic E-state index is -1.10. The molecule has 2 aromatic rings. The Morgan fingerprint density at radius 1 is 1.22 bits per heavy atom. The number of carboxylic acid groups (broad SMARTS) is 1. The van der Waals surface area contributed by atoms with Crippen LogP contribution in [0.25, 0.3) is 0 Å². The van der Waals surface area contributed by atoms with Gasteiger partial charge in [0.05, 0.1) is 12.0 Å². The number of hydrogen-bond acceptors (Lipinski definition) is 2. The zero-order valence-electron chi connectivity index (χ0n) is 9.34. The number of carbonyl (C=O) groups is 2. The van der Waals surface area contributed by atoms with E-state index in [1.165, 1.54) is 30.6 Å². The molecule has 0 saturated heterocycles. The molecule has 0 amide bonds. The molecule has 5 heteroatoms. The third kappa shape index (κ3) is 2.45. The van der Waals surface area contributed by atoms with E-state index in [0.29, 0.717) is 0 Å². The molecule has 92 valence electrons. The van der Waals surface area contributed by atoms with Gasteiger partial charge in [0, 0.05) is 12.4 Å². The van der Waals surface area contributed by atoms with E-state index in [1.807, 2.05) is 0 Å². The molecule has 0 fully saturated rings. The van der Waals surface area contributed by atoms with Crippen molar-refractivity contribution < 1.29 is 19.1 Å². The SMILES string of the molecule is O=C(O)c1ccn(C(=O)Cc2ccccc2F)c1. The fourth-order valence-electron chi connectivity index (χ4n) is 1.57. The summed E-state index contributed by atoms with van der Waals surface area (Å²) in [5, 5.41) is 8.73. The number of rotatable bonds is 3. The molecule has 0 saturated carbocycles. The molecule has 0 aliphatic rings. The van der Waals surface area contributed by atoms with Crippen LogP contribution < -0.4 is 0 Å². The second-order valence-corrected chi connectivity index (χ2v) is 3.77. The van der Waals surface area contributed by atoms with E-state index in [0.717, 1.165) is 4.57 Å². The van der Waals surface area contributed by atoms with E-state index in [1.54, 1.807) is 12.1 Å². The first-order valence-corrected chi connectivity index (χ1v) is 5.26. The first-order valence-electron chi connectivity index (χ1n) is 5.26. The molecule has 0 spiro atoms. The van der Waals surface area contributed by atoms with E-state index >= 15 is 0 Å². The zero-order valence-corrected chi connectivity index (χ0v) is 9.34. The Balaban J connectivity index is 2.17. The van der Waals surface area contributed by atoms with Crippen molar-refractivity contribution in [3.63, 3.8) is 0 Å². The van der Waals surface area contributed by atoms with Crippen LogP contribution in [0.5, 0.6) is 0 Å². The molecule has 0 bridgehead atoms. The first kappa shape index (κ1) is 12.0. The van der Waals surface area contributed by atoms with Crippen molar-refractivity contribution in [3.05, 3.63) is 59.7 Å². The van der Waals surface area contributed by atoms with E-state index < -0.39 is 11.8 Å². The molecule has 0 unspecified atom stereocenters. The Bertz CT molecular complexity index is 604. The molecular weight excluding hydrogens is 237 g/mol. The van der Waals surface area contributed by atoms with Crippen LogP contribution in [0.3, 0.4) is 0 Å². The molecule has 0 radical (unpaired) electrons. The summed E-state index contributed by atoms with van der Waals surface area (Å²) in [5.41, 5.74) is 0.310. The highest BCUT2D eigenvalue weighted by Gasteiger charge is 2.12. The Labute approximate surface area is 102 Å². The van der Waals surface area contributed by atoms with E-state index in [2.05, 4.69) is 0 Å². The lowest BCUT2D eigenvalue weighted by atomic mass is 10.1. The van der Waals surface area contributed by atoms with Crippen molar-refractivity contribution in [3.8, 4) is 0 Å². The number of carboxylic acids is 1. The normalized spacial score (nSPS) is 10.3. The molecular formula is C13H10FNO3. The third-order valence-electron chi connectivity index (χ3n) is 2.53. The molecule has 1 N–H and O–H groups in total. The maximum absolute atomic E-state index is 13.3. The average Bonchev–Trinajstić information content (AvgIpc) is 2.81. The van der Waals surface area contributed by atoms with Crippen molar-refractivity contribution >= 4 is 11.9 Å². The molecule has 1 aromatic heterocycles. The minimum Gasteiger partial charge on any atom is -0.478 e. The lowest BCUT2D eigenvalue weighted by Gasteiger charge is -2.03. The predicted octanol–water partition coefficient (Wildman–Crippen LogP) is 2.21. The van der Waals surface area contributed by atoms with Crippen molar-refractivity contribution in [1.29, 1.82) is 0 Å².